The van der Waals surface area contributed by atoms with Gasteiger partial charge in [0.2, 0.25) is 5.95 Å². The summed E-state index contributed by atoms with van der Waals surface area (Å²) in [6.07, 6.45) is 6.46. The second-order valence-electron chi connectivity index (χ2n) is 8.53. The van der Waals surface area contributed by atoms with Crippen LogP contribution in [-0.4, -0.2) is 71.9 Å². The molecule has 0 atom stereocenters. The normalized spacial score (nSPS) is 13.0. The third-order valence-corrected chi connectivity index (χ3v) is 5.75. The van der Waals surface area contributed by atoms with Gasteiger partial charge in [0.1, 0.15) is 11.3 Å². The Bertz CT molecular complexity index is 1050. The van der Waals surface area contributed by atoms with Gasteiger partial charge in [-0.05, 0) is 37.9 Å². The third kappa shape index (κ3) is 7.51. The van der Waals surface area contributed by atoms with Crippen LogP contribution in [0, 0.1) is 0 Å². The number of rotatable bonds is 11. The van der Waals surface area contributed by atoms with Crippen LogP contribution in [0.25, 0.3) is 11.0 Å². The number of hydrogen-bond donors (Lipinski definition) is 3. The molecule has 2 aromatic heterocycles. The maximum absolute atomic E-state index is 9.50. The summed E-state index contributed by atoms with van der Waals surface area (Å²) in [6.45, 7) is 6.72. The molecule has 10 nitrogen and oxygen atoms in total. The second kappa shape index (κ2) is 13.8. The van der Waals surface area contributed by atoms with E-state index < -0.39 is 0 Å². The van der Waals surface area contributed by atoms with Crippen molar-refractivity contribution < 1.29 is 14.6 Å². The Morgan fingerprint density at radius 2 is 2.03 bits per heavy atom. The first-order chi connectivity index (χ1) is 17.1. The molecule has 0 bridgehead atoms. The van der Waals surface area contributed by atoms with Crippen LogP contribution in [0.15, 0.2) is 24.4 Å². The Labute approximate surface area is 207 Å². The number of aliphatic hydroxyl groups excluding tert-OH is 1. The molecule has 0 amide bonds. The van der Waals surface area contributed by atoms with Gasteiger partial charge in [-0.1, -0.05) is 25.5 Å². The lowest BCUT2D eigenvalue weighted by Gasteiger charge is -2.22. The van der Waals surface area contributed by atoms with Crippen molar-refractivity contribution in [3.8, 4) is 5.75 Å². The van der Waals surface area contributed by atoms with E-state index in [-0.39, 0.29) is 12.6 Å². The lowest BCUT2D eigenvalue weighted by Crippen LogP contribution is -2.29. The van der Waals surface area contributed by atoms with Crippen LogP contribution in [0.3, 0.4) is 0 Å². The fourth-order valence-corrected chi connectivity index (χ4v) is 3.98. The number of methoxy groups -OCH3 is 1. The minimum absolute atomic E-state index is 0.0337. The molecule has 10 heteroatoms. The zero-order chi connectivity index (χ0) is 25.0. The highest BCUT2D eigenvalue weighted by Gasteiger charge is 2.17. The zero-order valence-electron chi connectivity index (χ0n) is 21.2. The number of fused-ring (bicyclic) bond motifs is 1. The van der Waals surface area contributed by atoms with Gasteiger partial charge in [0.15, 0.2) is 11.3 Å². The highest BCUT2D eigenvalue weighted by molar-refractivity contribution is 5.86. The van der Waals surface area contributed by atoms with Crippen molar-refractivity contribution in [1.82, 2.24) is 25.1 Å². The van der Waals surface area contributed by atoms with Gasteiger partial charge < -0.3 is 30.5 Å². The molecule has 1 aromatic carbocycles. The number of ether oxygens (including phenoxy) is 2. The number of hydrogen-bond acceptors (Lipinski definition) is 9. The Balaban J connectivity index is 0.000000607. The molecular weight excluding hydrogens is 446 g/mol. The van der Waals surface area contributed by atoms with Crippen LogP contribution in [0.2, 0.25) is 0 Å². The molecule has 35 heavy (non-hydrogen) atoms. The number of anilines is 2. The predicted molar refractivity (Wildman–Crippen MR) is 139 cm³/mol. The number of unbranched alkanes of at least 4 members (excludes halogenated alkanes) is 1. The highest BCUT2D eigenvalue weighted by atomic mass is 16.5. The number of aliphatic hydroxyl groups is 1. The maximum atomic E-state index is 9.50. The molecule has 0 spiro atoms. The fourth-order valence-electron chi connectivity index (χ4n) is 3.98. The number of nitrogens with two attached hydrogens (primary N) is 1. The van der Waals surface area contributed by atoms with E-state index in [0.29, 0.717) is 29.9 Å². The summed E-state index contributed by atoms with van der Waals surface area (Å²) in [7, 11) is 3.59. The van der Waals surface area contributed by atoms with Crippen molar-refractivity contribution in [3.63, 3.8) is 0 Å². The molecule has 192 valence electrons. The highest BCUT2D eigenvalue weighted by Crippen LogP contribution is 2.26. The van der Waals surface area contributed by atoms with E-state index in [4.69, 9.17) is 20.3 Å². The number of nitrogen functional groups attached to an aromatic ring is 1. The zero-order valence-corrected chi connectivity index (χ0v) is 21.2. The predicted octanol–water partition coefficient (Wildman–Crippen LogP) is 2.58. The summed E-state index contributed by atoms with van der Waals surface area (Å²) < 4.78 is 12.4. The molecule has 1 saturated heterocycles. The Kier molecular flexibility index (Phi) is 10.5. The van der Waals surface area contributed by atoms with Crippen LogP contribution < -0.4 is 20.7 Å². The van der Waals surface area contributed by atoms with Crippen molar-refractivity contribution in [2.24, 2.45) is 0 Å². The summed E-state index contributed by atoms with van der Waals surface area (Å²) in [5, 5.41) is 17.4. The topological polar surface area (TPSA) is 124 Å². The smallest absolute Gasteiger partial charge is 0.222 e. The number of nitrogens with one attached hydrogen (secondary N) is 1. The third-order valence-electron chi connectivity index (χ3n) is 5.75. The molecule has 4 N–H and O–H groups in total. The van der Waals surface area contributed by atoms with Gasteiger partial charge >= 0.3 is 0 Å². The van der Waals surface area contributed by atoms with Crippen molar-refractivity contribution in [2.75, 3.05) is 57.7 Å². The number of aromatic nitrogens is 4. The van der Waals surface area contributed by atoms with E-state index in [9.17, 15) is 5.11 Å². The Morgan fingerprint density at radius 1 is 1.23 bits per heavy atom. The molecule has 0 aliphatic carbocycles. The van der Waals surface area contributed by atoms with Gasteiger partial charge in [-0.2, -0.15) is 10.1 Å². The molecule has 1 aliphatic heterocycles. The van der Waals surface area contributed by atoms with E-state index in [0.717, 1.165) is 56.0 Å². The quantitative estimate of drug-likeness (QED) is 0.376. The Morgan fingerprint density at radius 3 is 2.66 bits per heavy atom. The minimum Gasteiger partial charge on any atom is -0.496 e. The van der Waals surface area contributed by atoms with Crippen molar-refractivity contribution in [2.45, 2.75) is 45.7 Å². The molecule has 1 aliphatic rings. The molecule has 4 rings (SSSR count). The average molecular weight is 486 g/mol. The van der Waals surface area contributed by atoms with E-state index in [2.05, 4.69) is 34.3 Å². The lowest BCUT2D eigenvalue weighted by molar-refractivity contribution is 0.198. The molecule has 1 fully saturated rings. The van der Waals surface area contributed by atoms with Crippen molar-refractivity contribution in [1.29, 1.82) is 0 Å². The van der Waals surface area contributed by atoms with Crippen LogP contribution >= 0.6 is 0 Å². The van der Waals surface area contributed by atoms with Crippen LogP contribution in [0.5, 0.6) is 5.75 Å². The standard InChI is InChI=1S/C21H31N7O2.C4H8O/c1-4-5-8-27(9-10-29)20-19-17(24-21(22)25-20)14-28(26-19)13-16-7-6-15(12-23-2)11-18(16)30-3;1-2-4-5-3-1/h6-7,11,14,23,29H,4-5,8-10,12-13H2,1-3H3,(H2,22,24);1-4H2. The largest absolute Gasteiger partial charge is 0.496 e. The monoisotopic (exact) mass is 485 g/mol. The average Bonchev–Trinajstić information content (AvgIpc) is 3.56. The van der Waals surface area contributed by atoms with Gasteiger partial charge in [-0.25, -0.2) is 4.98 Å². The van der Waals surface area contributed by atoms with E-state index in [1.807, 2.05) is 28.9 Å². The lowest BCUT2D eigenvalue weighted by atomic mass is 10.1. The minimum atomic E-state index is 0.0337. The van der Waals surface area contributed by atoms with Gasteiger partial charge in [0.05, 0.1) is 26.5 Å². The molecule has 0 saturated carbocycles. The van der Waals surface area contributed by atoms with Crippen LogP contribution in [-0.2, 0) is 17.8 Å². The second-order valence-corrected chi connectivity index (χ2v) is 8.53. The molecule has 3 aromatic rings. The van der Waals surface area contributed by atoms with Crippen LogP contribution in [0.4, 0.5) is 11.8 Å². The summed E-state index contributed by atoms with van der Waals surface area (Å²) in [6, 6.07) is 6.17. The van der Waals surface area contributed by atoms with Gasteiger partial charge in [0.25, 0.3) is 0 Å². The summed E-state index contributed by atoms with van der Waals surface area (Å²) in [4.78, 5) is 10.8. The van der Waals surface area contributed by atoms with Crippen LogP contribution in [0.1, 0.15) is 43.7 Å². The SMILES string of the molecule is C1CCOC1.CCCCN(CCO)c1nc(N)nc2cn(Cc3ccc(CNC)cc3OC)nc12. The first-order valence-corrected chi connectivity index (χ1v) is 12.3. The number of benzene rings is 1. The molecule has 0 unspecified atom stereocenters. The fraction of sp³-hybridized carbons (Fsp3) is 0.560. The summed E-state index contributed by atoms with van der Waals surface area (Å²) in [5.74, 6) is 1.68. The van der Waals surface area contributed by atoms with E-state index in [1.54, 1.807) is 7.11 Å². The molecular formula is C25H39N7O3. The van der Waals surface area contributed by atoms with E-state index in [1.165, 1.54) is 12.8 Å². The molecule has 0 radical (unpaired) electrons. The van der Waals surface area contributed by atoms with E-state index >= 15 is 0 Å². The Hall–Kier alpha value is -2.95. The van der Waals surface area contributed by atoms with Crippen molar-refractivity contribution in [3.05, 3.63) is 35.5 Å². The van der Waals surface area contributed by atoms with Gasteiger partial charge in [-0.15, -0.1) is 0 Å². The van der Waals surface area contributed by atoms with Crippen molar-refractivity contribution >= 4 is 22.8 Å². The molecule has 3 heterocycles. The maximum Gasteiger partial charge on any atom is 0.222 e. The first kappa shape index (κ1) is 26.7. The number of nitrogens with zero attached hydrogens (tertiary/aromatic N) is 5. The first-order valence-electron chi connectivity index (χ1n) is 12.3. The van der Waals surface area contributed by atoms with Gasteiger partial charge in [0, 0.05) is 38.4 Å². The van der Waals surface area contributed by atoms with Gasteiger partial charge in [-0.3, -0.25) is 4.68 Å². The summed E-state index contributed by atoms with van der Waals surface area (Å²) >= 11 is 0. The summed E-state index contributed by atoms with van der Waals surface area (Å²) in [5.41, 5.74) is 9.50.